The van der Waals surface area contributed by atoms with E-state index in [-0.39, 0.29) is 23.8 Å². The van der Waals surface area contributed by atoms with Crippen molar-refractivity contribution in [3.8, 4) is 0 Å². The predicted octanol–water partition coefficient (Wildman–Crippen LogP) is 6.73. The van der Waals surface area contributed by atoms with E-state index in [1.807, 2.05) is 0 Å². The highest BCUT2D eigenvalue weighted by molar-refractivity contribution is 7.17. The number of rotatable bonds is 4. The van der Waals surface area contributed by atoms with E-state index >= 15 is 0 Å². The van der Waals surface area contributed by atoms with Crippen LogP contribution in [-0.4, -0.2) is 18.5 Å². The fraction of sp³-hybridized carbons (Fsp3) is 0.417. The van der Waals surface area contributed by atoms with Gasteiger partial charge in [-0.25, -0.2) is 4.79 Å². The van der Waals surface area contributed by atoms with Gasteiger partial charge < -0.3 is 14.5 Å². The SMILES string of the molecule is CCOC(=O)c1c(NC(=O)c2cc3cc(Cl)ccc3o2)sc2c1CCC(C(C)(C)C)C2. The number of thiophene rings is 1. The largest absolute Gasteiger partial charge is 0.462 e. The Morgan fingerprint density at radius 1 is 1.29 bits per heavy atom. The van der Waals surface area contributed by atoms with Crippen LogP contribution in [0.4, 0.5) is 5.00 Å². The molecule has 2 aromatic heterocycles. The molecule has 0 saturated carbocycles. The summed E-state index contributed by atoms with van der Waals surface area (Å²) in [5.74, 6) is -0.0897. The highest BCUT2D eigenvalue weighted by Gasteiger charge is 2.34. The van der Waals surface area contributed by atoms with E-state index in [2.05, 4.69) is 26.1 Å². The highest BCUT2D eigenvalue weighted by atomic mass is 35.5. The number of carbonyl (C=O) groups is 2. The lowest BCUT2D eigenvalue weighted by molar-refractivity contribution is 0.0526. The third kappa shape index (κ3) is 4.37. The van der Waals surface area contributed by atoms with Crippen molar-refractivity contribution < 1.29 is 18.7 Å². The van der Waals surface area contributed by atoms with Gasteiger partial charge in [0.2, 0.25) is 0 Å². The molecule has 4 rings (SSSR count). The first-order valence-corrected chi connectivity index (χ1v) is 11.7. The molecule has 1 unspecified atom stereocenters. The number of hydrogen-bond donors (Lipinski definition) is 1. The normalized spacial score (nSPS) is 16.2. The number of nitrogens with one attached hydrogen (secondary N) is 1. The Bertz CT molecular complexity index is 1150. The van der Waals surface area contributed by atoms with Crippen molar-refractivity contribution >= 4 is 50.8 Å². The number of anilines is 1. The number of furan rings is 1. The Hall–Kier alpha value is -2.31. The molecule has 3 aromatic rings. The second-order valence-electron chi connectivity index (χ2n) is 8.98. The Balaban J connectivity index is 1.67. The Morgan fingerprint density at radius 2 is 2.06 bits per heavy atom. The number of ether oxygens (including phenoxy) is 1. The fourth-order valence-electron chi connectivity index (χ4n) is 4.12. The topological polar surface area (TPSA) is 68.5 Å². The number of halogens is 1. The molecule has 0 aliphatic heterocycles. The molecule has 0 bridgehead atoms. The number of carbonyl (C=O) groups excluding carboxylic acids is 2. The molecule has 0 radical (unpaired) electrons. The summed E-state index contributed by atoms with van der Waals surface area (Å²) in [7, 11) is 0. The summed E-state index contributed by atoms with van der Waals surface area (Å²) in [5, 5.41) is 4.76. The Morgan fingerprint density at radius 3 is 2.77 bits per heavy atom. The molecular weight excluding hydrogens is 434 g/mol. The van der Waals surface area contributed by atoms with Gasteiger partial charge in [-0.3, -0.25) is 4.79 Å². The zero-order valence-corrected chi connectivity index (χ0v) is 19.7. The molecule has 0 saturated heterocycles. The molecule has 1 amide bonds. The average Bonchev–Trinajstić information content (AvgIpc) is 3.27. The van der Waals surface area contributed by atoms with Crippen molar-refractivity contribution in [2.24, 2.45) is 11.3 Å². The van der Waals surface area contributed by atoms with E-state index < -0.39 is 5.91 Å². The third-order valence-corrected chi connectivity index (χ3v) is 7.30. The minimum atomic E-state index is -0.399. The van der Waals surface area contributed by atoms with Crippen LogP contribution in [-0.2, 0) is 17.6 Å². The van der Waals surface area contributed by atoms with Crippen molar-refractivity contribution in [1.82, 2.24) is 0 Å². The first-order chi connectivity index (χ1) is 14.7. The number of amides is 1. The van der Waals surface area contributed by atoms with Crippen LogP contribution in [0.5, 0.6) is 0 Å². The van der Waals surface area contributed by atoms with Crippen LogP contribution in [0.15, 0.2) is 28.7 Å². The third-order valence-electron chi connectivity index (χ3n) is 5.90. The lowest BCUT2D eigenvalue weighted by Crippen LogP contribution is -2.26. The van der Waals surface area contributed by atoms with Gasteiger partial charge in [-0.2, -0.15) is 0 Å². The maximum Gasteiger partial charge on any atom is 0.341 e. The lowest BCUT2D eigenvalue weighted by Gasteiger charge is -2.33. The van der Waals surface area contributed by atoms with E-state index in [0.717, 1.165) is 35.1 Å². The smallest absolute Gasteiger partial charge is 0.341 e. The number of hydrogen-bond acceptors (Lipinski definition) is 5. The van der Waals surface area contributed by atoms with Crippen molar-refractivity contribution in [2.75, 3.05) is 11.9 Å². The van der Waals surface area contributed by atoms with Gasteiger partial charge in [0.25, 0.3) is 5.91 Å². The molecule has 1 aliphatic rings. The molecule has 2 heterocycles. The summed E-state index contributed by atoms with van der Waals surface area (Å²) in [4.78, 5) is 26.9. The van der Waals surface area contributed by atoms with Crippen LogP contribution < -0.4 is 5.32 Å². The van der Waals surface area contributed by atoms with Gasteiger partial charge in [0, 0.05) is 15.3 Å². The van der Waals surface area contributed by atoms with Crippen LogP contribution in [0.3, 0.4) is 0 Å². The molecule has 164 valence electrons. The zero-order valence-electron chi connectivity index (χ0n) is 18.1. The molecule has 1 atom stereocenters. The maximum atomic E-state index is 13.0. The van der Waals surface area contributed by atoms with E-state index in [1.165, 1.54) is 11.3 Å². The number of fused-ring (bicyclic) bond motifs is 2. The highest BCUT2D eigenvalue weighted by Crippen LogP contribution is 2.44. The average molecular weight is 460 g/mol. The van der Waals surface area contributed by atoms with E-state index in [0.29, 0.717) is 27.1 Å². The van der Waals surface area contributed by atoms with Crippen LogP contribution in [0.25, 0.3) is 11.0 Å². The summed E-state index contributed by atoms with van der Waals surface area (Å²) in [6.45, 7) is 8.81. The van der Waals surface area contributed by atoms with Crippen LogP contribution in [0, 0.1) is 11.3 Å². The van der Waals surface area contributed by atoms with Crippen molar-refractivity contribution in [2.45, 2.75) is 47.0 Å². The van der Waals surface area contributed by atoms with Gasteiger partial charge in [0.1, 0.15) is 10.6 Å². The first-order valence-electron chi connectivity index (χ1n) is 10.5. The van der Waals surface area contributed by atoms with Crippen molar-refractivity contribution in [1.29, 1.82) is 0 Å². The second-order valence-corrected chi connectivity index (χ2v) is 10.5. The number of benzene rings is 1. The van der Waals surface area contributed by atoms with Gasteiger partial charge >= 0.3 is 5.97 Å². The molecule has 0 fully saturated rings. The molecule has 1 N–H and O–H groups in total. The van der Waals surface area contributed by atoms with E-state index in [9.17, 15) is 9.59 Å². The van der Waals surface area contributed by atoms with Gasteiger partial charge in [0.15, 0.2) is 5.76 Å². The molecular formula is C24H26ClNO4S. The summed E-state index contributed by atoms with van der Waals surface area (Å²) >= 11 is 7.51. The quantitative estimate of drug-likeness (QED) is 0.439. The van der Waals surface area contributed by atoms with Gasteiger partial charge in [0.05, 0.1) is 12.2 Å². The van der Waals surface area contributed by atoms with Crippen molar-refractivity contribution in [3.05, 3.63) is 51.1 Å². The fourth-order valence-corrected chi connectivity index (χ4v) is 5.61. The van der Waals surface area contributed by atoms with Crippen molar-refractivity contribution in [3.63, 3.8) is 0 Å². The monoisotopic (exact) mass is 459 g/mol. The second kappa shape index (κ2) is 8.32. The lowest BCUT2D eigenvalue weighted by atomic mass is 9.72. The molecule has 5 nitrogen and oxygen atoms in total. The van der Waals surface area contributed by atoms with Crippen LogP contribution >= 0.6 is 22.9 Å². The van der Waals surface area contributed by atoms with Gasteiger partial charge in [-0.15, -0.1) is 11.3 Å². The van der Waals surface area contributed by atoms with Crippen LogP contribution in [0.2, 0.25) is 5.02 Å². The minimum Gasteiger partial charge on any atom is -0.462 e. The van der Waals surface area contributed by atoms with E-state index in [1.54, 1.807) is 31.2 Å². The maximum absolute atomic E-state index is 13.0. The molecule has 1 aliphatic carbocycles. The first kappa shape index (κ1) is 21.9. The van der Waals surface area contributed by atoms with Gasteiger partial charge in [-0.1, -0.05) is 32.4 Å². The molecule has 0 spiro atoms. The molecule has 31 heavy (non-hydrogen) atoms. The number of esters is 1. The summed E-state index contributed by atoms with van der Waals surface area (Å²) in [6, 6.07) is 6.85. The standard InChI is InChI=1S/C24H26ClNO4S/c1-5-29-23(28)20-16-8-6-14(24(2,3)4)12-19(16)31-22(20)26-21(27)18-11-13-10-15(25)7-9-17(13)30-18/h7,9-11,14H,5-6,8,12H2,1-4H3,(H,26,27). The van der Waals surface area contributed by atoms with E-state index in [4.69, 9.17) is 20.8 Å². The predicted molar refractivity (Wildman–Crippen MR) is 124 cm³/mol. The molecule has 7 heteroatoms. The Kier molecular flexibility index (Phi) is 5.88. The summed E-state index contributed by atoms with van der Waals surface area (Å²) in [6.07, 6.45) is 2.72. The summed E-state index contributed by atoms with van der Waals surface area (Å²) < 4.78 is 11.0. The van der Waals surface area contributed by atoms with Gasteiger partial charge in [-0.05, 0) is 67.3 Å². The molecule has 1 aromatic carbocycles. The van der Waals surface area contributed by atoms with Crippen LogP contribution in [0.1, 0.15) is 65.5 Å². The zero-order chi connectivity index (χ0) is 22.3. The Labute approximate surface area is 190 Å². The summed E-state index contributed by atoms with van der Waals surface area (Å²) in [5.41, 5.74) is 2.26. The minimum absolute atomic E-state index is 0.172.